The fourth-order valence-corrected chi connectivity index (χ4v) is 7.85. The molecule has 0 aliphatic carbocycles. The molecule has 0 unspecified atom stereocenters. The fraction of sp³-hybridized carbons (Fsp3) is 0.300. The van der Waals surface area contributed by atoms with Gasteiger partial charge in [-0.05, 0) is 23.8 Å². The molecular formula is C20H16ClF3N2O3S2. The molecule has 0 N–H and O–H groups in total. The molecule has 31 heavy (non-hydrogen) atoms. The molecule has 2 aromatic rings. The second-order valence-corrected chi connectivity index (χ2v) is 11.0. The van der Waals surface area contributed by atoms with Gasteiger partial charge < -0.3 is 4.90 Å². The summed E-state index contributed by atoms with van der Waals surface area (Å²) in [6, 6.07) is 10.9. The summed E-state index contributed by atoms with van der Waals surface area (Å²) in [6.07, 6.45) is -4.77. The van der Waals surface area contributed by atoms with Crippen molar-refractivity contribution in [2.45, 2.75) is 23.9 Å². The van der Waals surface area contributed by atoms with E-state index in [4.69, 9.17) is 11.6 Å². The van der Waals surface area contributed by atoms with E-state index in [1.165, 1.54) is 23.1 Å². The Morgan fingerprint density at radius 1 is 1.13 bits per heavy atom. The van der Waals surface area contributed by atoms with Crippen LogP contribution in [0.4, 0.5) is 18.9 Å². The number of amidine groups is 1. The highest BCUT2D eigenvalue weighted by Crippen LogP contribution is 2.45. The Hall–Kier alpha value is -2.04. The normalized spacial score (nSPS) is 23.9. The molecule has 2 saturated heterocycles. The van der Waals surface area contributed by atoms with Crippen molar-refractivity contribution in [2.75, 3.05) is 16.4 Å². The molecule has 0 bridgehead atoms. The third kappa shape index (κ3) is 4.61. The first-order valence-electron chi connectivity index (χ1n) is 9.22. The number of halogens is 4. The predicted molar refractivity (Wildman–Crippen MR) is 115 cm³/mol. The molecule has 0 aromatic heterocycles. The maximum absolute atomic E-state index is 13.6. The van der Waals surface area contributed by atoms with Gasteiger partial charge in [0.1, 0.15) is 0 Å². The zero-order valence-electron chi connectivity index (χ0n) is 15.8. The molecule has 2 aliphatic rings. The van der Waals surface area contributed by atoms with Crippen LogP contribution in [0, 0.1) is 0 Å². The van der Waals surface area contributed by atoms with Gasteiger partial charge in [-0.2, -0.15) is 18.2 Å². The lowest BCUT2D eigenvalue weighted by molar-refractivity contribution is -0.137. The number of nitrogens with zero attached hydrogens (tertiary/aromatic N) is 2. The first-order chi connectivity index (χ1) is 14.5. The van der Waals surface area contributed by atoms with Gasteiger partial charge in [0, 0.05) is 10.3 Å². The predicted octanol–water partition coefficient (Wildman–Crippen LogP) is 4.20. The van der Waals surface area contributed by atoms with Crippen LogP contribution in [0.15, 0.2) is 53.5 Å². The number of alkyl halides is 3. The molecule has 5 nitrogen and oxygen atoms in total. The van der Waals surface area contributed by atoms with Crippen LogP contribution in [0.3, 0.4) is 0 Å². The SMILES string of the molecule is O=C(Cc1ccccc1Cl)N=C1S[C@H]2CS(=O)(=O)C[C@H]2N1c1ccccc1C(F)(F)F. The monoisotopic (exact) mass is 488 g/mol. The molecule has 11 heteroatoms. The van der Waals surface area contributed by atoms with Crippen molar-refractivity contribution < 1.29 is 26.4 Å². The molecular weight excluding hydrogens is 473 g/mol. The van der Waals surface area contributed by atoms with Crippen molar-refractivity contribution in [3.8, 4) is 0 Å². The molecule has 2 aromatic carbocycles. The van der Waals surface area contributed by atoms with Gasteiger partial charge in [0.2, 0.25) is 0 Å². The zero-order chi connectivity index (χ0) is 22.4. The Bertz CT molecular complexity index is 1170. The van der Waals surface area contributed by atoms with E-state index in [0.29, 0.717) is 10.6 Å². The Labute approximate surface area is 186 Å². The number of thioether (sulfide) groups is 1. The van der Waals surface area contributed by atoms with E-state index in [9.17, 15) is 26.4 Å². The van der Waals surface area contributed by atoms with Crippen LogP contribution < -0.4 is 4.90 Å². The fourth-order valence-electron chi connectivity index (χ4n) is 3.72. The third-order valence-electron chi connectivity index (χ3n) is 5.06. The van der Waals surface area contributed by atoms with E-state index in [1.54, 1.807) is 24.3 Å². The maximum atomic E-state index is 13.6. The lowest BCUT2D eigenvalue weighted by Gasteiger charge is -2.27. The lowest BCUT2D eigenvalue weighted by atomic mass is 10.1. The molecule has 0 spiro atoms. The highest BCUT2D eigenvalue weighted by Gasteiger charge is 2.51. The number of carbonyl (C=O) groups is 1. The van der Waals surface area contributed by atoms with E-state index in [-0.39, 0.29) is 28.8 Å². The van der Waals surface area contributed by atoms with Gasteiger partial charge in [-0.3, -0.25) is 4.79 Å². The highest BCUT2D eigenvalue weighted by molar-refractivity contribution is 8.16. The summed E-state index contributed by atoms with van der Waals surface area (Å²) in [5, 5.41) is -0.0471. The van der Waals surface area contributed by atoms with Crippen molar-refractivity contribution in [1.82, 2.24) is 0 Å². The minimum atomic E-state index is -4.65. The molecule has 164 valence electrons. The van der Waals surface area contributed by atoms with Gasteiger partial charge in [-0.15, -0.1) is 0 Å². The number of hydrogen-bond acceptors (Lipinski definition) is 4. The van der Waals surface area contributed by atoms with Crippen molar-refractivity contribution in [3.05, 3.63) is 64.7 Å². The van der Waals surface area contributed by atoms with Gasteiger partial charge in [0.15, 0.2) is 15.0 Å². The van der Waals surface area contributed by atoms with Crippen LogP contribution in [0.25, 0.3) is 0 Å². The minimum Gasteiger partial charge on any atom is -0.315 e. The van der Waals surface area contributed by atoms with Gasteiger partial charge in [-0.25, -0.2) is 8.42 Å². The third-order valence-corrected chi connectivity index (χ3v) is 8.63. The quantitative estimate of drug-likeness (QED) is 0.647. The van der Waals surface area contributed by atoms with Crippen LogP contribution in [0.5, 0.6) is 0 Å². The van der Waals surface area contributed by atoms with E-state index >= 15 is 0 Å². The molecule has 2 atom stereocenters. The van der Waals surface area contributed by atoms with E-state index in [0.717, 1.165) is 17.8 Å². The van der Waals surface area contributed by atoms with Gasteiger partial charge in [0.05, 0.1) is 35.2 Å². The number of rotatable bonds is 3. The smallest absolute Gasteiger partial charge is 0.315 e. The van der Waals surface area contributed by atoms with E-state index in [2.05, 4.69) is 4.99 Å². The number of fused-ring (bicyclic) bond motifs is 1. The van der Waals surface area contributed by atoms with Crippen molar-refractivity contribution in [2.24, 2.45) is 4.99 Å². The molecule has 0 saturated carbocycles. The van der Waals surface area contributed by atoms with Gasteiger partial charge in [-0.1, -0.05) is 53.7 Å². The first kappa shape index (κ1) is 22.2. The highest BCUT2D eigenvalue weighted by atomic mass is 35.5. The number of amides is 1. The van der Waals surface area contributed by atoms with Crippen LogP contribution in [-0.2, 0) is 27.2 Å². The van der Waals surface area contributed by atoms with Crippen LogP contribution in [-0.4, -0.2) is 42.3 Å². The largest absolute Gasteiger partial charge is 0.418 e. The lowest BCUT2D eigenvalue weighted by Crippen LogP contribution is -2.39. The standard InChI is InChI=1S/C20H16ClF3N2O3S2/c21-14-7-3-1-5-12(14)9-18(27)25-19-26(16-10-31(28,29)11-17(16)30-19)15-8-4-2-6-13(15)20(22,23)24/h1-8,16-17H,9-11H2/t16-,17+/m1/s1. The molecule has 2 fully saturated rings. The summed E-state index contributed by atoms with van der Waals surface area (Å²) in [7, 11) is -3.40. The molecule has 2 heterocycles. The Morgan fingerprint density at radius 3 is 2.52 bits per heavy atom. The first-order valence-corrected chi connectivity index (χ1v) is 12.3. The molecule has 0 radical (unpaired) electrons. The van der Waals surface area contributed by atoms with Crippen LogP contribution >= 0.6 is 23.4 Å². The summed E-state index contributed by atoms with van der Waals surface area (Å²) in [5.41, 5.74) is -0.574. The Morgan fingerprint density at radius 2 is 1.81 bits per heavy atom. The molecule has 4 rings (SSSR count). The summed E-state index contributed by atoms with van der Waals surface area (Å²) < 4.78 is 65.2. The molecule has 2 aliphatic heterocycles. The Balaban J connectivity index is 1.73. The minimum absolute atomic E-state index is 0.0682. The average molecular weight is 489 g/mol. The van der Waals surface area contributed by atoms with Crippen molar-refractivity contribution >= 4 is 50.0 Å². The number of aliphatic imine (C=N–C) groups is 1. The number of para-hydroxylation sites is 1. The number of benzene rings is 2. The number of carbonyl (C=O) groups excluding carboxylic acids is 1. The van der Waals surface area contributed by atoms with Crippen molar-refractivity contribution in [1.29, 1.82) is 0 Å². The number of anilines is 1. The topological polar surface area (TPSA) is 66.8 Å². The van der Waals surface area contributed by atoms with Crippen molar-refractivity contribution in [3.63, 3.8) is 0 Å². The summed E-state index contributed by atoms with van der Waals surface area (Å²) in [5.74, 6) is -1.05. The van der Waals surface area contributed by atoms with Crippen LogP contribution in [0.1, 0.15) is 11.1 Å². The number of hydrogen-bond donors (Lipinski definition) is 0. The summed E-state index contributed by atoms with van der Waals surface area (Å²) >= 11 is 7.11. The van der Waals surface area contributed by atoms with E-state index in [1.807, 2.05) is 0 Å². The second-order valence-electron chi connectivity index (χ2n) is 7.24. The van der Waals surface area contributed by atoms with Crippen LogP contribution in [0.2, 0.25) is 5.02 Å². The van der Waals surface area contributed by atoms with E-state index < -0.39 is 38.8 Å². The molecule has 1 amide bonds. The second kappa shape index (κ2) is 8.14. The summed E-state index contributed by atoms with van der Waals surface area (Å²) in [6.45, 7) is 0. The summed E-state index contributed by atoms with van der Waals surface area (Å²) in [4.78, 5) is 17.9. The number of sulfone groups is 1. The van der Waals surface area contributed by atoms with Gasteiger partial charge in [0.25, 0.3) is 5.91 Å². The average Bonchev–Trinajstić information content (AvgIpc) is 3.13. The van der Waals surface area contributed by atoms with Gasteiger partial charge >= 0.3 is 6.18 Å². The zero-order valence-corrected chi connectivity index (χ0v) is 18.2. The maximum Gasteiger partial charge on any atom is 0.418 e. The Kier molecular flexibility index (Phi) is 5.82.